The summed E-state index contributed by atoms with van der Waals surface area (Å²) in [5.41, 5.74) is -0.395. The third kappa shape index (κ3) is 1.65. The summed E-state index contributed by atoms with van der Waals surface area (Å²) < 4.78 is 14.0. The van der Waals surface area contributed by atoms with Crippen molar-refractivity contribution in [2.24, 2.45) is 0 Å². The van der Waals surface area contributed by atoms with Gasteiger partial charge in [-0.05, 0) is 0 Å². The molecule has 0 atom stereocenters. The Kier molecular flexibility index (Phi) is 1.93. The van der Waals surface area contributed by atoms with Crippen LogP contribution in [0.3, 0.4) is 0 Å². The molecule has 0 aromatic carbocycles. The Balaban J connectivity index is 2.12. The fraction of sp³-hybridized carbons (Fsp3) is 1.00. The van der Waals surface area contributed by atoms with E-state index < -0.39 is 5.62 Å². The van der Waals surface area contributed by atoms with E-state index in [2.05, 4.69) is 17.4 Å². The molecule has 42 valence electrons. The number of thiol groups is 1. The van der Waals surface area contributed by atoms with Crippen LogP contribution in [0.1, 0.15) is 0 Å². The molecule has 1 rings (SSSR count). The van der Waals surface area contributed by atoms with Crippen molar-refractivity contribution in [3.63, 3.8) is 0 Å². The molecule has 1 heterocycles. The van der Waals surface area contributed by atoms with Crippen LogP contribution in [-0.4, -0.2) is 19.2 Å². The molecular weight excluding hydrogens is 116 g/mol. The van der Waals surface area contributed by atoms with Gasteiger partial charge in [-0.1, -0.05) is 0 Å². The van der Waals surface area contributed by atoms with Crippen LogP contribution in [0.4, 0.5) is 0 Å². The topological polar surface area (TPSA) is 27.7 Å². The predicted molar refractivity (Wildman–Crippen MR) is 25.8 cm³/mol. The zero-order chi connectivity index (χ0) is 5.11. The van der Waals surface area contributed by atoms with E-state index in [-0.39, 0.29) is 13.6 Å². The average Bonchev–Trinajstić information content (AvgIpc) is 1.69. The second-order valence-electron chi connectivity index (χ2n) is 1.08. The van der Waals surface area contributed by atoms with Crippen molar-refractivity contribution in [2.75, 3.05) is 13.6 Å². The second kappa shape index (κ2) is 2.52. The molecule has 0 aromatic rings. The van der Waals surface area contributed by atoms with E-state index in [1.807, 2.05) is 0 Å². The van der Waals surface area contributed by atoms with Gasteiger partial charge in [0.05, 0.1) is 0 Å². The molecule has 1 aliphatic rings. The van der Waals surface area contributed by atoms with Gasteiger partial charge in [-0.15, -0.1) is 12.6 Å². The molecule has 0 aromatic heterocycles. The van der Waals surface area contributed by atoms with Crippen molar-refractivity contribution in [3.8, 4) is 0 Å². The molecule has 0 radical (unpaired) electrons. The van der Waals surface area contributed by atoms with Gasteiger partial charge < -0.3 is 14.2 Å². The number of hydrogen-bond donors (Lipinski definition) is 1. The van der Waals surface area contributed by atoms with Gasteiger partial charge in [-0.3, -0.25) is 0 Å². The lowest BCUT2D eigenvalue weighted by Gasteiger charge is -2.17. The Hall–Kier alpha value is 0.230. The van der Waals surface area contributed by atoms with Crippen LogP contribution in [-0.2, 0) is 14.2 Å². The quantitative estimate of drug-likeness (QED) is 0.464. The third-order valence-electron chi connectivity index (χ3n) is 0.588. The lowest BCUT2D eigenvalue weighted by atomic mass is 11.2. The van der Waals surface area contributed by atoms with Gasteiger partial charge in [0, 0.05) is 0 Å². The molecule has 4 heteroatoms. The van der Waals surface area contributed by atoms with Gasteiger partial charge in [-0.2, -0.15) is 0 Å². The molecule has 0 bridgehead atoms. The summed E-state index contributed by atoms with van der Waals surface area (Å²) in [5, 5.41) is 0. The Morgan fingerprint density at radius 1 is 1.29 bits per heavy atom. The van der Waals surface area contributed by atoms with Gasteiger partial charge >= 0.3 is 0 Å². The summed E-state index contributed by atoms with van der Waals surface area (Å²) in [4.78, 5) is 0. The normalized spacial score (nSPS) is 25.3. The molecule has 0 unspecified atom stereocenters. The fourth-order valence-electron chi connectivity index (χ4n) is 0.295. The first-order valence-electron chi connectivity index (χ1n) is 1.88. The van der Waals surface area contributed by atoms with E-state index in [1.165, 1.54) is 0 Å². The van der Waals surface area contributed by atoms with Crippen molar-refractivity contribution in [1.29, 1.82) is 0 Å². The van der Waals surface area contributed by atoms with Crippen molar-refractivity contribution in [1.82, 2.24) is 0 Å². The summed E-state index contributed by atoms with van der Waals surface area (Å²) in [6, 6.07) is 0. The highest BCUT2D eigenvalue weighted by Gasteiger charge is 2.06. The van der Waals surface area contributed by atoms with Crippen molar-refractivity contribution >= 4 is 12.6 Å². The Labute approximate surface area is 47.0 Å². The zero-order valence-electron chi connectivity index (χ0n) is 3.66. The third-order valence-corrected chi connectivity index (χ3v) is 0.886. The Morgan fingerprint density at radius 3 is 2.14 bits per heavy atom. The van der Waals surface area contributed by atoms with Crippen LogP contribution < -0.4 is 0 Å². The molecule has 0 saturated carbocycles. The first-order chi connectivity index (χ1) is 3.39. The minimum atomic E-state index is -0.395. The first-order valence-corrected chi connectivity index (χ1v) is 2.40. The summed E-state index contributed by atoms with van der Waals surface area (Å²) >= 11 is 3.84. The van der Waals surface area contributed by atoms with Crippen LogP contribution in [0.25, 0.3) is 0 Å². The maximum atomic E-state index is 4.70. The van der Waals surface area contributed by atoms with Crippen LogP contribution >= 0.6 is 12.6 Å². The SMILES string of the molecule is SC1OCOCO1. The second-order valence-corrected chi connectivity index (χ2v) is 1.50. The summed E-state index contributed by atoms with van der Waals surface area (Å²) in [6.45, 7) is 0.572. The molecular formula is C3H6O3S. The van der Waals surface area contributed by atoms with Gasteiger partial charge in [0.1, 0.15) is 0 Å². The van der Waals surface area contributed by atoms with Gasteiger partial charge in [0.25, 0.3) is 0 Å². The standard InChI is InChI=1S/C3H6O3S/c7-3-5-1-4-2-6-3/h3,7H,1-2H2. The highest BCUT2D eigenvalue weighted by atomic mass is 32.1. The van der Waals surface area contributed by atoms with E-state index >= 15 is 0 Å². The number of ether oxygens (including phenoxy) is 3. The maximum absolute atomic E-state index is 4.70. The number of rotatable bonds is 0. The largest absolute Gasteiger partial charge is 0.329 e. The fourth-order valence-corrected chi connectivity index (χ4v) is 0.416. The summed E-state index contributed by atoms with van der Waals surface area (Å²) in [6.07, 6.45) is 0. The smallest absolute Gasteiger partial charge is 0.208 e. The molecule has 3 nitrogen and oxygen atoms in total. The zero-order valence-corrected chi connectivity index (χ0v) is 4.56. The minimum absolute atomic E-state index is 0.286. The summed E-state index contributed by atoms with van der Waals surface area (Å²) in [7, 11) is 0. The molecule has 7 heavy (non-hydrogen) atoms. The molecule has 1 aliphatic heterocycles. The molecule has 0 amide bonds. The van der Waals surface area contributed by atoms with Crippen LogP contribution in [0.15, 0.2) is 0 Å². The maximum Gasteiger partial charge on any atom is 0.208 e. The van der Waals surface area contributed by atoms with Crippen LogP contribution in [0.2, 0.25) is 0 Å². The first kappa shape index (κ1) is 5.37. The van der Waals surface area contributed by atoms with Gasteiger partial charge in [-0.25, -0.2) is 0 Å². The van der Waals surface area contributed by atoms with E-state index in [0.717, 1.165) is 0 Å². The van der Waals surface area contributed by atoms with E-state index in [0.29, 0.717) is 0 Å². The van der Waals surface area contributed by atoms with E-state index in [1.54, 1.807) is 0 Å². The molecule has 1 saturated heterocycles. The van der Waals surface area contributed by atoms with E-state index in [9.17, 15) is 0 Å². The van der Waals surface area contributed by atoms with Crippen molar-refractivity contribution < 1.29 is 14.2 Å². The highest BCUT2D eigenvalue weighted by Crippen LogP contribution is 2.04. The van der Waals surface area contributed by atoms with Gasteiger partial charge in [0.2, 0.25) is 5.62 Å². The Bertz CT molecular complexity index is 52.1. The molecule has 1 fully saturated rings. The minimum Gasteiger partial charge on any atom is -0.329 e. The Morgan fingerprint density at radius 2 is 1.86 bits per heavy atom. The lowest BCUT2D eigenvalue weighted by molar-refractivity contribution is -0.263. The van der Waals surface area contributed by atoms with E-state index in [4.69, 9.17) is 9.47 Å². The predicted octanol–water partition coefficient (Wildman–Crippen LogP) is 0.178. The van der Waals surface area contributed by atoms with Crippen LogP contribution in [0.5, 0.6) is 0 Å². The number of hydrogen-bond acceptors (Lipinski definition) is 4. The lowest BCUT2D eigenvalue weighted by Crippen LogP contribution is -2.21. The molecule has 0 spiro atoms. The monoisotopic (exact) mass is 122 g/mol. The summed E-state index contributed by atoms with van der Waals surface area (Å²) in [5.74, 6) is 0. The van der Waals surface area contributed by atoms with Crippen molar-refractivity contribution in [2.45, 2.75) is 5.62 Å². The highest BCUT2D eigenvalue weighted by molar-refractivity contribution is 7.80. The molecule has 0 aliphatic carbocycles. The molecule has 0 N–H and O–H groups in total. The average molecular weight is 122 g/mol. The van der Waals surface area contributed by atoms with Gasteiger partial charge in [0.15, 0.2) is 13.6 Å². The van der Waals surface area contributed by atoms with Crippen molar-refractivity contribution in [3.05, 3.63) is 0 Å². The van der Waals surface area contributed by atoms with Crippen LogP contribution in [0, 0.1) is 0 Å².